The number of ether oxygens (including phenoxy) is 1. The number of halogens is 2. The molecule has 0 amide bonds. The highest BCUT2D eigenvalue weighted by Crippen LogP contribution is 2.26. The molecule has 2 rings (SSSR count). The molecule has 0 radical (unpaired) electrons. The summed E-state index contributed by atoms with van der Waals surface area (Å²) in [6, 6.07) is 8.19. The lowest BCUT2D eigenvalue weighted by molar-refractivity contribution is 0.171. The van der Waals surface area contributed by atoms with Crippen molar-refractivity contribution in [2.45, 2.75) is 12.5 Å². The van der Waals surface area contributed by atoms with Crippen LogP contribution in [0.1, 0.15) is 17.2 Å². The fourth-order valence-corrected chi connectivity index (χ4v) is 2.17. The SMILES string of the molecule is COc1ncccc1C(O)Cc1ccc(Br)cc1F. The van der Waals surface area contributed by atoms with Gasteiger partial charge in [0.25, 0.3) is 0 Å². The van der Waals surface area contributed by atoms with Crippen molar-refractivity contribution in [2.75, 3.05) is 7.11 Å². The third kappa shape index (κ3) is 3.30. The van der Waals surface area contributed by atoms with Crippen LogP contribution in [-0.2, 0) is 6.42 Å². The highest BCUT2D eigenvalue weighted by molar-refractivity contribution is 9.10. The molecule has 1 N–H and O–H groups in total. The molecule has 100 valence electrons. The molecule has 0 aliphatic rings. The highest BCUT2D eigenvalue weighted by atomic mass is 79.9. The van der Waals surface area contributed by atoms with Crippen LogP contribution in [0.5, 0.6) is 5.88 Å². The van der Waals surface area contributed by atoms with Gasteiger partial charge in [-0.25, -0.2) is 9.37 Å². The molecular formula is C14H13BrFNO2. The Morgan fingerprint density at radius 2 is 2.21 bits per heavy atom. The molecule has 1 unspecified atom stereocenters. The van der Waals surface area contributed by atoms with E-state index in [1.165, 1.54) is 13.2 Å². The van der Waals surface area contributed by atoms with Gasteiger partial charge in [-0.15, -0.1) is 0 Å². The van der Waals surface area contributed by atoms with Crippen LogP contribution in [0.3, 0.4) is 0 Å². The number of methoxy groups -OCH3 is 1. The van der Waals surface area contributed by atoms with Crippen LogP contribution in [0.15, 0.2) is 41.0 Å². The Hall–Kier alpha value is -1.46. The van der Waals surface area contributed by atoms with Gasteiger partial charge in [-0.2, -0.15) is 0 Å². The Kier molecular flexibility index (Phi) is 4.50. The van der Waals surface area contributed by atoms with Gasteiger partial charge in [0.15, 0.2) is 0 Å². The Labute approximate surface area is 119 Å². The van der Waals surface area contributed by atoms with Gasteiger partial charge in [0.2, 0.25) is 5.88 Å². The molecule has 2 aromatic rings. The van der Waals surface area contributed by atoms with E-state index in [1.54, 1.807) is 30.5 Å². The largest absolute Gasteiger partial charge is 0.481 e. The van der Waals surface area contributed by atoms with Gasteiger partial charge in [0, 0.05) is 22.7 Å². The van der Waals surface area contributed by atoms with Crippen LogP contribution in [0.4, 0.5) is 4.39 Å². The first-order valence-corrected chi connectivity index (χ1v) is 6.52. The fourth-order valence-electron chi connectivity index (χ4n) is 1.83. The topological polar surface area (TPSA) is 42.4 Å². The minimum atomic E-state index is -0.862. The second-order valence-corrected chi connectivity index (χ2v) is 4.97. The average Bonchev–Trinajstić information content (AvgIpc) is 2.41. The molecule has 0 spiro atoms. The summed E-state index contributed by atoms with van der Waals surface area (Å²) < 4.78 is 19.5. The molecule has 1 heterocycles. The molecule has 0 saturated heterocycles. The highest BCUT2D eigenvalue weighted by Gasteiger charge is 2.16. The second-order valence-electron chi connectivity index (χ2n) is 4.06. The van der Waals surface area contributed by atoms with Gasteiger partial charge in [-0.1, -0.05) is 22.0 Å². The number of benzene rings is 1. The monoisotopic (exact) mass is 325 g/mol. The number of pyridine rings is 1. The lowest BCUT2D eigenvalue weighted by atomic mass is 10.0. The Bertz CT molecular complexity index is 577. The number of aromatic nitrogens is 1. The van der Waals surface area contributed by atoms with Crippen LogP contribution < -0.4 is 4.74 Å². The van der Waals surface area contributed by atoms with Crippen molar-refractivity contribution in [2.24, 2.45) is 0 Å². The van der Waals surface area contributed by atoms with Crippen molar-refractivity contribution in [3.05, 3.63) is 57.9 Å². The van der Waals surface area contributed by atoms with E-state index in [0.717, 1.165) is 0 Å². The molecule has 0 fully saturated rings. The molecule has 1 atom stereocenters. The lowest BCUT2D eigenvalue weighted by Gasteiger charge is -2.14. The Balaban J connectivity index is 2.23. The number of hydrogen-bond acceptors (Lipinski definition) is 3. The van der Waals surface area contributed by atoms with Gasteiger partial charge in [-0.3, -0.25) is 0 Å². The number of aliphatic hydroxyl groups excluding tert-OH is 1. The van der Waals surface area contributed by atoms with E-state index >= 15 is 0 Å². The summed E-state index contributed by atoms with van der Waals surface area (Å²) in [6.07, 6.45) is 0.885. The molecule has 0 bridgehead atoms. The van der Waals surface area contributed by atoms with Gasteiger partial charge in [-0.05, 0) is 29.8 Å². The standard InChI is InChI=1S/C14H13BrFNO2/c1-19-14-11(3-2-6-17-14)13(18)7-9-4-5-10(15)8-12(9)16/h2-6,8,13,18H,7H2,1H3. The van der Waals surface area contributed by atoms with Crippen LogP contribution >= 0.6 is 15.9 Å². The summed E-state index contributed by atoms with van der Waals surface area (Å²) in [7, 11) is 1.48. The predicted octanol–water partition coefficient (Wildman–Crippen LogP) is 3.27. The summed E-state index contributed by atoms with van der Waals surface area (Å²) >= 11 is 3.20. The number of hydrogen-bond donors (Lipinski definition) is 1. The maximum atomic E-state index is 13.7. The van der Waals surface area contributed by atoms with Crippen molar-refractivity contribution < 1.29 is 14.2 Å². The zero-order chi connectivity index (χ0) is 13.8. The molecule has 5 heteroatoms. The second kappa shape index (κ2) is 6.12. The van der Waals surface area contributed by atoms with Crippen LogP contribution in [0.25, 0.3) is 0 Å². The third-order valence-electron chi connectivity index (χ3n) is 2.78. The van der Waals surface area contributed by atoms with Crippen molar-refractivity contribution in [3.8, 4) is 5.88 Å². The van der Waals surface area contributed by atoms with Crippen molar-refractivity contribution in [1.29, 1.82) is 0 Å². The van der Waals surface area contributed by atoms with Crippen molar-refractivity contribution >= 4 is 15.9 Å². The third-order valence-corrected chi connectivity index (χ3v) is 3.27. The molecular weight excluding hydrogens is 313 g/mol. The fraction of sp³-hybridized carbons (Fsp3) is 0.214. The maximum Gasteiger partial charge on any atom is 0.218 e. The molecule has 0 saturated carbocycles. The molecule has 19 heavy (non-hydrogen) atoms. The minimum Gasteiger partial charge on any atom is -0.481 e. The summed E-state index contributed by atoms with van der Waals surface area (Å²) in [5, 5.41) is 10.2. The smallest absolute Gasteiger partial charge is 0.218 e. The van der Waals surface area contributed by atoms with Crippen LogP contribution in [0.2, 0.25) is 0 Å². The summed E-state index contributed by atoms with van der Waals surface area (Å²) in [6.45, 7) is 0. The summed E-state index contributed by atoms with van der Waals surface area (Å²) in [5.74, 6) is 0.00352. The van der Waals surface area contributed by atoms with E-state index in [0.29, 0.717) is 21.5 Å². The molecule has 0 aliphatic carbocycles. The predicted molar refractivity (Wildman–Crippen MR) is 73.6 cm³/mol. The zero-order valence-corrected chi connectivity index (χ0v) is 11.9. The first-order chi connectivity index (χ1) is 9.11. The van der Waals surface area contributed by atoms with E-state index in [-0.39, 0.29) is 12.2 Å². The molecule has 1 aromatic carbocycles. The van der Waals surface area contributed by atoms with E-state index in [9.17, 15) is 9.50 Å². The Morgan fingerprint density at radius 1 is 1.42 bits per heavy atom. The molecule has 3 nitrogen and oxygen atoms in total. The Morgan fingerprint density at radius 3 is 2.89 bits per heavy atom. The number of nitrogens with zero attached hydrogens (tertiary/aromatic N) is 1. The van der Waals surface area contributed by atoms with Crippen molar-refractivity contribution in [1.82, 2.24) is 4.98 Å². The quantitative estimate of drug-likeness (QED) is 0.938. The van der Waals surface area contributed by atoms with E-state index in [4.69, 9.17) is 4.74 Å². The van der Waals surface area contributed by atoms with Crippen molar-refractivity contribution in [3.63, 3.8) is 0 Å². The minimum absolute atomic E-state index is 0.168. The van der Waals surface area contributed by atoms with Gasteiger partial charge >= 0.3 is 0 Å². The van der Waals surface area contributed by atoms with Crippen LogP contribution in [0, 0.1) is 5.82 Å². The normalized spacial score (nSPS) is 12.2. The van der Waals surface area contributed by atoms with E-state index in [2.05, 4.69) is 20.9 Å². The molecule has 1 aromatic heterocycles. The van der Waals surface area contributed by atoms with Crippen LogP contribution in [-0.4, -0.2) is 17.2 Å². The number of rotatable bonds is 4. The zero-order valence-electron chi connectivity index (χ0n) is 10.3. The van der Waals surface area contributed by atoms with Gasteiger partial charge in [0.1, 0.15) is 5.82 Å². The first kappa shape index (κ1) is 14.0. The summed E-state index contributed by atoms with van der Waals surface area (Å²) in [4.78, 5) is 4.01. The lowest BCUT2D eigenvalue weighted by Crippen LogP contribution is -2.06. The maximum absolute atomic E-state index is 13.7. The average molecular weight is 326 g/mol. The number of aliphatic hydroxyl groups is 1. The van der Waals surface area contributed by atoms with E-state index < -0.39 is 6.10 Å². The first-order valence-electron chi connectivity index (χ1n) is 5.72. The molecule has 0 aliphatic heterocycles. The van der Waals surface area contributed by atoms with Gasteiger partial charge in [0.05, 0.1) is 13.2 Å². The van der Waals surface area contributed by atoms with E-state index in [1.807, 2.05) is 0 Å². The summed E-state index contributed by atoms with van der Waals surface area (Å²) in [5.41, 5.74) is 0.994. The van der Waals surface area contributed by atoms with Gasteiger partial charge < -0.3 is 9.84 Å².